The SMILES string of the molecule is COC[C@H]1Cn2c(C)cc3c(-c4ccc(Cl)cc4)c([C@H](OC(C)(C)C)C(=O)O)c(C)c(c32)N1S(C)(=O)=O. The van der Waals surface area contributed by atoms with Gasteiger partial charge in [-0.2, -0.15) is 0 Å². The molecule has 2 aromatic carbocycles. The lowest BCUT2D eigenvalue weighted by atomic mass is 9.87. The molecule has 2 atom stereocenters. The number of benzene rings is 2. The van der Waals surface area contributed by atoms with Crippen LogP contribution in [0.25, 0.3) is 22.0 Å². The maximum absolute atomic E-state index is 13.2. The van der Waals surface area contributed by atoms with Crippen molar-refractivity contribution < 1.29 is 27.8 Å². The van der Waals surface area contributed by atoms with Gasteiger partial charge in [0.2, 0.25) is 10.0 Å². The summed E-state index contributed by atoms with van der Waals surface area (Å²) in [6.07, 6.45) is -0.182. The average molecular weight is 549 g/mol. The molecule has 1 aliphatic heterocycles. The molecule has 0 radical (unpaired) electrons. The van der Waals surface area contributed by atoms with E-state index in [0.29, 0.717) is 33.9 Å². The van der Waals surface area contributed by atoms with Crippen LogP contribution >= 0.6 is 11.6 Å². The van der Waals surface area contributed by atoms with E-state index in [0.717, 1.165) is 22.2 Å². The number of aryl methyl sites for hydroxylation is 1. The second-order valence-corrected chi connectivity index (χ2v) is 12.8. The molecule has 8 nitrogen and oxygen atoms in total. The van der Waals surface area contributed by atoms with Crippen LogP contribution in [0.15, 0.2) is 30.3 Å². The first kappa shape index (κ1) is 27.4. The number of aromatic nitrogens is 1. The number of halogens is 1. The number of rotatable bonds is 7. The van der Waals surface area contributed by atoms with Crippen molar-refractivity contribution >= 4 is 44.2 Å². The number of hydrogen-bond donors (Lipinski definition) is 1. The summed E-state index contributed by atoms with van der Waals surface area (Å²) in [5.74, 6) is -1.16. The normalized spacial score (nSPS) is 16.9. The van der Waals surface area contributed by atoms with Gasteiger partial charge in [-0.1, -0.05) is 23.7 Å². The van der Waals surface area contributed by atoms with E-state index >= 15 is 0 Å². The first-order valence-electron chi connectivity index (χ1n) is 12.0. The Balaban J connectivity index is 2.22. The number of methoxy groups -OCH3 is 1. The summed E-state index contributed by atoms with van der Waals surface area (Å²) >= 11 is 6.18. The van der Waals surface area contributed by atoms with Gasteiger partial charge in [0, 0.05) is 35.3 Å². The van der Waals surface area contributed by atoms with Crippen molar-refractivity contribution in [3.05, 3.63) is 52.2 Å². The smallest absolute Gasteiger partial charge is 0.337 e. The lowest BCUT2D eigenvalue weighted by Gasteiger charge is -2.39. The van der Waals surface area contributed by atoms with Gasteiger partial charge in [0.1, 0.15) is 0 Å². The molecule has 2 heterocycles. The van der Waals surface area contributed by atoms with E-state index in [2.05, 4.69) is 4.57 Å². The maximum Gasteiger partial charge on any atom is 0.337 e. The third kappa shape index (κ3) is 4.97. The number of carboxylic acids is 1. The lowest BCUT2D eigenvalue weighted by molar-refractivity contribution is -0.160. The highest BCUT2D eigenvalue weighted by Gasteiger charge is 2.40. The largest absolute Gasteiger partial charge is 0.479 e. The van der Waals surface area contributed by atoms with Gasteiger partial charge in [0.05, 0.1) is 35.7 Å². The van der Waals surface area contributed by atoms with Gasteiger partial charge >= 0.3 is 5.97 Å². The van der Waals surface area contributed by atoms with Crippen molar-refractivity contribution in [1.29, 1.82) is 0 Å². The first-order valence-corrected chi connectivity index (χ1v) is 14.2. The number of sulfonamides is 1. The van der Waals surface area contributed by atoms with Crippen molar-refractivity contribution in [1.82, 2.24) is 4.57 Å². The Labute approximate surface area is 222 Å². The summed E-state index contributed by atoms with van der Waals surface area (Å²) in [4.78, 5) is 12.7. The number of nitrogens with zero attached hydrogens (tertiary/aromatic N) is 2. The van der Waals surface area contributed by atoms with Crippen molar-refractivity contribution in [3.63, 3.8) is 0 Å². The van der Waals surface area contributed by atoms with Crippen LogP contribution in [0.4, 0.5) is 5.69 Å². The topological polar surface area (TPSA) is 98.1 Å². The van der Waals surface area contributed by atoms with Crippen LogP contribution in [-0.4, -0.2) is 55.7 Å². The Morgan fingerprint density at radius 2 is 1.84 bits per heavy atom. The number of ether oxygens (including phenoxy) is 2. The fraction of sp³-hybridized carbons (Fsp3) is 0.444. The highest BCUT2D eigenvalue weighted by atomic mass is 35.5. The standard InChI is InChI=1S/C27H33ClN2O6S/c1-15-12-20-22(17-8-10-18(28)11-9-17)21(25(26(31)32)36-27(3,4)5)16(2)23-24(20)29(15)13-19(14-35-6)30(23)37(7,33)34/h8-12,19,25H,13-14H2,1-7H3,(H,31,32)/t19-,25+/m1/s1. The zero-order valence-corrected chi connectivity index (χ0v) is 23.7. The molecular formula is C27H33ClN2O6S. The predicted molar refractivity (Wildman–Crippen MR) is 146 cm³/mol. The van der Waals surface area contributed by atoms with Crippen LogP contribution in [0.1, 0.15) is 43.7 Å². The lowest BCUT2D eigenvalue weighted by Crippen LogP contribution is -2.48. The van der Waals surface area contributed by atoms with E-state index in [1.54, 1.807) is 39.8 Å². The molecule has 0 bridgehead atoms. The summed E-state index contributed by atoms with van der Waals surface area (Å²) in [7, 11) is -2.21. The minimum atomic E-state index is -3.75. The molecule has 0 fully saturated rings. The van der Waals surface area contributed by atoms with Gasteiger partial charge in [-0.3, -0.25) is 4.31 Å². The third-order valence-corrected chi connectivity index (χ3v) is 8.03. The van der Waals surface area contributed by atoms with Crippen LogP contribution in [0.5, 0.6) is 0 Å². The zero-order valence-electron chi connectivity index (χ0n) is 22.1. The average Bonchev–Trinajstić information content (AvgIpc) is 3.10. The van der Waals surface area contributed by atoms with E-state index in [1.165, 1.54) is 17.7 Å². The van der Waals surface area contributed by atoms with Gasteiger partial charge in [-0.05, 0) is 69.5 Å². The number of hydrogen-bond acceptors (Lipinski definition) is 5. The molecule has 0 spiro atoms. The summed E-state index contributed by atoms with van der Waals surface area (Å²) in [5.41, 5.74) is 3.73. The molecule has 0 amide bonds. The second-order valence-electron chi connectivity index (χ2n) is 10.5. The number of carboxylic acid groups (broad SMARTS) is 1. The zero-order chi connectivity index (χ0) is 27.4. The summed E-state index contributed by atoms with van der Waals surface area (Å²) in [5, 5.41) is 11.7. The van der Waals surface area contributed by atoms with Gasteiger partial charge in [0.15, 0.2) is 6.10 Å². The van der Waals surface area contributed by atoms with Crippen LogP contribution in [-0.2, 0) is 30.8 Å². The Morgan fingerprint density at radius 1 is 1.22 bits per heavy atom. The van der Waals surface area contributed by atoms with Crippen molar-refractivity contribution in [3.8, 4) is 11.1 Å². The molecule has 1 aliphatic rings. The van der Waals surface area contributed by atoms with Crippen molar-refractivity contribution in [2.24, 2.45) is 0 Å². The predicted octanol–water partition coefficient (Wildman–Crippen LogP) is 5.31. The van der Waals surface area contributed by atoms with Gasteiger partial charge in [0.25, 0.3) is 0 Å². The first-order chi connectivity index (χ1) is 17.2. The molecule has 4 rings (SSSR count). The van der Waals surface area contributed by atoms with Crippen LogP contribution in [0.3, 0.4) is 0 Å². The summed E-state index contributed by atoms with van der Waals surface area (Å²) in [6.45, 7) is 9.70. The molecule has 0 saturated carbocycles. The van der Waals surface area contributed by atoms with Gasteiger partial charge in [-0.25, -0.2) is 13.2 Å². The van der Waals surface area contributed by atoms with E-state index in [4.69, 9.17) is 21.1 Å². The molecule has 37 heavy (non-hydrogen) atoms. The van der Waals surface area contributed by atoms with Crippen molar-refractivity contribution in [2.75, 3.05) is 24.3 Å². The van der Waals surface area contributed by atoms with Crippen LogP contribution in [0.2, 0.25) is 5.02 Å². The Bertz CT molecular complexity index is 1470. The van der Waals surface area contributed by atoms with Crippen LogP contribution in [0, 0.1) is 13.8 Å². The van der Waals surface area contributed by atoms with E-state index in [9.17, 15) is 18.3 Å². The van der Waals surface area contributed by atoms with E-state index < -0.39 is 33.7 Å². The minimum absolute atomic E-state index is 0.181. The fourth-order valence-electron chi connectivity index (χ4n) is 5.32. The molecule has 0 unspecified atom stereocenters. The molecule has 1 aromatic heterocycles. The highest BCUT2D eigenvalue weighted by Crippen LogP contribution is 2.49. The molecule has 10 heteroatoms. The van der Waals surface area contributed by atoms with Gasteiger partial charge < -0.3 is 19.1 Å². The molecule has 3 aromatic rings. The second kappa shape index (κ2) is 9.62. The minimum Gasteiger partial charge on any atom is -0.479 e. The Kier molecular flexibility index (Phi) is 7.13. The summed E-state index contributed by atoms with van der Waals surface area (Å²) < 4.78 is 41.4. The number of aliphatic carboxylic acids is 1. The Hall–Kier alpha value is -2.59. The number of anilines is 1. The van der Waals surface area contributed by atoms with E-state index in [-0.39, 0.29) is 6.61 Å². The third-order valence-electron chi connectivity index (χ3n) is 6.58. The quantitative estimate of drug-likeness (QED) is 0.429. The van der Waals surface area contributed by atoms with Crippen molar-refractivity contribution in [2.45, 2.75) is 58.9 Å². The summed E-state index contributed by atoms with van der Waals surface area (Å²) in [6, 6.07) is 8.68. The van der Waals surface area contributed by atoms with Crippen LogP contribution < -0.4 is 4.31 Å². The number of carbonyl (C=O) groups is 1. The molecule has 200 valence electrons. The molecular weight excluding hydrogens is 516 g/mol. The maximum atomic E-state index is 13.2. The highest BCUT2D eigenvalue weighted by molar-refractivity contribution is 7.92. The van der Waals surface area contributed by atoms with E-state index in [1.807, 2.05) is 25.1 Å². The molecule has 1 N–H and O–H groups in total. The Morgan fingerprint density at radius 3 is 2.35 bits per heavy atom. The monoisotopic (exact) mass is 548 g/mol. The molecule has 0 aliphatic carbocycles. The van der Waals surface area contributed by atoms with Gasteiger partial charge in [-0.15, -0.1) is 0 Å². The fourth-order valence-corrected chi connectivity index (χ4v) is 6.67. The molecule has 0 saturated heterocycles.